The van der Waals surface area contributed by atoms with Crippen molar-refractivity contribution in [3.8, 4) is 0 Å². The highest BCUT2D eigenvalue weighted by Gasteiger charge is 2.44. The number of hydrogen-bond acceptors (Lipinski definition) is 39. The number of nitrogens with one attached hydrogen (secondary N) is 4. The molecule has 0 saturated heterocycles. The SMILES string of the molecule is Cc1cc(C(=O)c2cncnc2N[C@@H]2C[C@H](COS(N)(=O)=O)[C@@H](O)C2)nn1C(C)c1cccc(Cl)c1.Cc1cc(C(=O)c2cncnc2N[C@@H]2C[C@H](COS(N)(=O)=O)[C@@H](O)C2)nn1Cc1cccc(Cl)c1.Cc1cc(Cn2ccc(C(=O)c3cncnc3N[C@@H]3C[C@H](COS(N)(=O)=O)[C@@H](O)[C@H]3O)n2)no1.NS(=O)(=O)OC[C@H]1C[C@@H](Nc2ncncc2C(=O)c2ccn(Cc3ccc(C(F)(F)F)cc3)n2)C[C@@H]1O. The zero-order valence-corrected chi connectivity index (χ0v) is 80.5. The van der Waals surface area contributed by atoms with Crippen LogP contribution in [0.25, 0.3) is 0 Å². The molecule has 9 heterocycles. The zero-order chi connectivity index (χ0) is 102. The summed E-state index contributed by atoms with van der Waals surface area (Å²) in [5.41, 5.74) is 5.39. The van der Waals surface area contributed by atoms with Crippen LogP contribution in [0.1, 0.15) is 167 Å². The number of aliphatic hydroxyl groups excluding tert-OH is 5. The molecule has 0 amide bonds. The van der Waals surface area contributed by atoms with E-state index in [-0.39, 0.29) is 132 Å². The van der Waals surface area contributed by atoms with Gasteiger partial charge in [0, 0.05) is 106 Å². The summed E-state index contributed by atoms with van der Waals surface area (Å²) in [7, 11) is -16.5. The highest BCUT2D eigenvalue weighted by molar-refractivity contribution is 7.85. The number of nitrogens with two attached hydrogens (primary N) is 4. The number of ketones is 4. The summed E-state index contributed by atoms with van der Waals surface area (Å²) in [6.45, 7) is 7.28. The Hall–Kier alpha value is -12.4. The number of rotatable bonds is 36. The lowest BCUT2D eigenvalue weighted by Gasteiger charge is -2.19. The minimum absolute atomic E-state index is 0.0793. The van der Waals surface area contributed by atoms with E-state index in [4.69, 9.17) is 48.3 Å². The molecule has 142 heavy (non-hydrogen) atoms. The molecule has 14 atom stereocenters. The lowest BCUT2D eigenvalue weighted by Crippen LogP contribution is -2.36. The van der Waals surface area contributed by atoms with Crippen LogP contribution in [-0.2, 0) is 83.8 Å². The molecular formula is C86H98Cl2F3N25O22S4. The van der Waals surface area contributed by atoms with Crippen LogP contribution in [0.3, 0.4) is 0 Å². The lowest BCUT2D eigenvalue weighted by atomic mass is 10.1. The Bertz CT molecular complexity index is 6970. The smallest absolute Gasteiger partial charge is 0.393 e. The van der Waals surface area contributed by atoms with Crippen molar-refractivity contribution in [2.75, 3.05) is 47.7 Å². The van der Waals surface area contributed by atoms with Gasteiger partial charge < -0.3 is 51.3 Å². The van der Waals surface area contributed by atoms with E-state index in [0.29, 0.717) is 83.9 Å². The summed E-state index contributed by atoms with van der Waals surface area (Å²) in [4.78, 5) is 85.4. The van der Waals surface area contributed by atoms with E-state index >= 15 is 0 Å². The first-order chi connectivity index (χ1) is 67.1. The molecule has 56 heteroatoms. The van der Waals surface area contributed by atoms with Gasteiger partial charge in [0.2, 0.25) is 23.1 Å². The van der Waals surface area contributed by atoms with E-state index in [1.54, 1.807) is 58.9 Å². The standard InChI is InChI=1S/C23H27ClN6O5S.C22H25ClN6O5S.C22H23F3N6O5S.C19H23N7O7S/c1-13-6-20(29-30(13)14(2)15-4-3-5-17(24)7-15)22(32)19-10-26-12-27-23(19)28-18-8-16(21(31)9-18)11-35-36(25,33)34;1-13-5-19(28-29(13)10-14-3-2-4-16(23)6-14)21(31)18-9-25-12-26-22(18)27-17-7-15(20(30)8-17)11-34-35(24,32)33;23-22(24,25)15-3-1-13(2-4-15)10-31-6-5-18(30-31)20(33)17-9-27-12-28-21(17)29-16-7-14(19(32)8-16)11-36-37(26,34)35;1-10-4-12(25-33-10)7-26-3-2-14(24-26)17(28)13-6-21-9-22-19(13)23-15-5-11(16(27)18(15)29)8-32-34(20,30)31/h3-7,10,12,14,16,18,21,31H,8-9,11H2,1-2H3,(H2,25,33,34)(H,26,27,28);2-6,9,12,15,17,20,30H,7-8,10-11H2,1H3,(H2,24,32,33)(H,25,26,27);1-6,9,12,14,16,19,32H,7-8,10-11H2,(H2,26,34,35)(H,27,28,29);2-4,6,9,11,15-16,18,27,29H,5,7-8H2,1H3,(H2,20,30,31)(H,21,22,23)/t14?,16-,18-,21+;15-,17-,20+;14-,16-,19+;11-,15-,16-,18+/m1111/s1. The molecule has 0 aliphatic heterocycles. The van der Waals surface area contributed by atoms with Gasteiger partial charge in [-0.1, -0.05) is 64.8 Å². The van der Waals surface area contributed by atoms with Crippen molar-refractivity contribution < 1.29 is 113 Å². The molecule has 4 aliphatic carbocycles. The third-order valence-corrected chi connectivity index (χ3v) is 25.7. The van der Waals surface area contributed by atoms with Crippen LogP contribution in [0.2, 0.25) is 10.0 Å². The molecule has 4 aliphatic rings. The number of benzene rings is 3. The maximum Gasteiger partial charge on any atom is 0.416 e. The molecule has 0 bridgehead atoms. The average Bonchev–Trinajstić information content (AvgIpc) is 1.65. The number of aryl methyl sites for hydroxylation is 3. The van der Waals surface area contributed by atoms with E-state index in [1.165, 1.54) is 83.9 Å². The molecule has 3 aromatic carbocycles. The zero-order valence-electron chi connectivity index (χ0n) is 75.7. The number of carbonyl (C=O) groups is 4. The van der Waals surface area contributed by atoms with Gasteiger partial charge in [-0.05, 0) is 150 Å². The van der Waals surface area contributed by atoms with Crippen molar-refractivity contribution >= 4 is 111 Å². The minimum Gasteiger partial charge on any atom is -0.393 e. The van der Waals surface area contributed by atoms with Gasteiger partial charge in [0.15, 0.2) is 0 Å². The van der Waals surface area contributed by atoms with Gasteiger partial charge in [0.1, 0.15) is 88.9 Å². The van der Waals surface area contributed by atoms with Crippen LogP contribution in [0.5, 0.6) is 0 Å². The first-order valence-corrected chi connectivity index (χ1v) is 50.0. The van der Waals surface area contributed by atoms with Gasteiger partial charge in [-0.3, -0.25) is 54.6 Å². The van der Waals surface area contributed by atoms with Crippen molar-refractivity contribution in [1.29, 1.82) is 0 Å². The average molecular weight is 2090 g/mol. The second-order valence-electron chi connectivity index (χ2n) is 33.9. The quantitative estimate of drug-likeness (QED) is 0.0237. The Morgan fingerprint density at radius 1 is 0.465 bits per heavy atom. The van der Waals surface area contributed by atoms with Crippen LogP contribution >= 0.6 is 23.2 Å². The van der Waals surface area contributed by atoms with Crippen LogP contribution in [0.4, 0.5) is 36.4 Å². The highest BCUT2D eigenvalue weighted by Crippen LogP contribution is 2.37. The number of halogens is 5. The van der Waals surface area contributed by atoms with E-state index in [1.807, 2.05) is 57.2 Å². The van der Waals surface area contributed by atoms with Gasteiger partial charge in [-0.15, -0.1) is 0 Å². The van der Waals surface area contributed by atoms with Crippen molar-refractivity contribution in [1.82, 2.24) is 84.2 Å². The second-order valence-corrected chi connectivity index (χ2v) is 39.7. The molecule has 16 rings (SSSR count). The molecule has 12 aromatic rings. The summed E-state index contributed by atoms with van der Waals surface area (Å²) >= 11 is 12.2. The number of hydrogen-bond donors (Lipinski definition) is 13. The van der Waals surface area contributed by atoms with Crippen LogP contribution < -0.4 is 41.8 Å². The largest absolute Gasteiger partial charge is 0.416 e. The number of aromatic nitrogens is 17. The molecule has 4 saturated carbocycles. The highest BCUT2D eigenvalue weighted by atomic mass is 35.5. The van der Waals surface area contributed by atoms with Crippen molar-refractivity contribution in [2.24, 2.45) is 44.2 Å². The number of alkyl halides is 3. The van der Waals surface area contributed by atoms with Crippen LogP contribution in [0, 0.1) is 44.4 Å². The topological polar surface area (TPSA) is 696 Å². The normalized spacial score (nSPS) is 21.0. The first-order valence-electron chi connectivity index (χ1n) is 43.4. The summed E-state index contributed by atoms with van der Waals surface area (Å²) in [6.07, 6.45) is 6.53. The Labute approximate surface area is 819 Å². The molecular weight excluding hydrogens is 1990 g/mol. The fraction of sp³-hybridized carbons (Fsp3) is 0.384. The molecule has 1 unspecified atom stereocenters. The lowest BCUT2D eigenvalue weighted by molar-refractivity contribution is -0.137. The Balaban J connectivity index is 0.000000159. The van der Waals surface area contributed by atoms with E-state index < -0.39 is 131 Å². The Morgan fingerprint density at radius 3 is 1.30 bits per heavy atom. The third-order valence-electron chi connectivity index (χ3n) is 23.4. The first kappa shape index (κ1) is 107. The molecule has 47 nitrogen and oxygen atoms in total. The third kappa shape index (κ3) is 29.6. The summed E-state index contributed by atoms with van der Waals surface area (Å²) < 4.78 is 157. The molecule has 9 aromatic heterocycles. The maximum absolute atomic E-state index is 13.4. The van der Waals surface area contributed by atoms with E-state index in [9.17, 15) is 91.6 Å². The van der Waals surface area contributed by atoms with Gasteiger partial charge in [0.05, 0.1) is 110 Å². The van der Waals surface area contributed by atoms with Gasteiger partial charge in [0.25, 0.3) is 0 Å². The van der Waals surface area contributed by atoms with Crippen LogP contribution in [-0.4, -0.2) is 248 Å². The fourth-order valence-electron chi connectivity index (χ4n) is 16.4. The summed E-state index contributed by atoms with van der Waals surface area (Å²) in [5, 5.41) is 106. The van der Waals surface area contributed by atoms with E-state index in [2.05, 4.69) is 103 Å². The Morgan fingerprint density at radius 2 is 0.873 bits per heavy atom. The predicted molar refractivity (Wildman–Crippen MR) is 499 cm³/mol. The fourth-order valence-corrected chi connectivity index (χ4v) is 18.3. The number of aliphatic hydroxyl groups is 5. The molecule has 0 spiro atoms. The number of anilines is 4. The molecule has 17 N–H and O–H groups in total. The van der Waals surface area contributed by atoms with Gasteiger partial charge in [-0.25, -0.2) is 60.4 Å². The van der Waals surface area contributed by atoms with Crippen molar-refractivity contribution in [3.05, 3.63) is 266 Å². The second kappa shape index (κ2) is 46.3. The molecule has 758 valence electrons. The maximum atomic E-state index is 13.4. The predicted octanol–water partition coefficient (Wildman–Crippen LogP) is 4.67. The summed E-state index contributed by atoms with van der Waals surface area (Å²) in [6, 6.07) is 26.0. The monoisotopic (exact) mass is 2090 g/mol. The van der Waals surface area contributed by atoms with Crippen molar-refractivity contribution in [2.45, 2.75) is 159 Å². The van der Waals surface area contributed by atoms with Crippen molar-refractivity contribution in [3.63, 3.8) is 0 Å². The molecule has 4 fully saturated rings. The number of carbonyl (C=O) groups excluding carboxylic acids is 4. The molecule has 0 radical (unpaired) electrons. The van der Waals surface area contributed by atoms with Crippen LogP contribution in [0.15, 0.2) is 170 Å². The van der Waals surface area contributed by atoms with E-state index in [0.717, 1.165) is 34.6 Å². The summed E-state index contributed by atoms with van der Waals surface area (Å²) in [5.74, 6) is -2.11. The Kier molecular flexibility index (Phi) is 34.8. The van der Waals surface area contributed by atoms with Gasteiger partial charge >= 0.3 is 47.4 Å². The minimum atomic E-state index is -4.43. The number of nitrogens with zero attached hydrogens (tertiary/aromatic N) is 17. The van der Waals surface area contributed by atoms with Gasteiger partial charge in [-0.2, -0.15) is 67.2 Å².